The van der Waals surface area contributed by atoms with E-state index in [1.807, 2.05) is 0 Å². The average Bonchev–Trinajstić information content (AvgIpc) is 2.15. The molecule has 0 N–H and O–H groups in total. The maximum Gasteiger partial charge on any atom is 0.356 e. The van der Waals surface area contributed by atoms with Gasteiger partial charge in [0.2, 0.25) is 0 Å². The zero-order valence-corrected chi connectivity index (χ0v) is 10.3. The van der Waals surface area contributed by atoms with E-state index in [-0.39, 0.29) is 0 Å². The van der Waals surface area contributed by atoms with Crippen molar-refractivity contribution in [1.82, 2.24) is 0 Å². The van der Waals surface area contributed by atoms with Gasteiger partial charge in [-0.25, -0.2) is 0 Å². The summed E-state index contributed by atoms with van der Waals surface area (Å²) in [6.45, 7) is 10.3. The Balaban J connectivity index is 4.31. The highest BCUT2D eigenvalue weighted by Gasteiger charge is 2.26. The van der Waals surface area contributed by atoms with Crippen LogP contribution in [0.15, 0.2) is 11.9 Å². The molecule has 0 aliphatic heterocycles. The fourth-order valence-electron chi connectivity index (χ4n) is 1.08. The lowest BCUT2D eigenvalue weighted by atomic mass is 10.2. The third kappa shape index (κ3) is 4.41. The van der Waals surface area contributed by atoms with Crippen LogP contribution in [0.5, 0.6) is 0 Å². The first kappa shape index (κ1) is 13.9. The minimum Gasteiger partial charge on any atom is -0.306 e. The molecule has 84 valence electrons. The van der Waals surface area contributed by atoms with Crippen LogP contribution in [0.25, 0.3) is 0 Å². The molecule has 0 bridgehead atoms. The Hall–Kier alpha value is -0.110. The average molecular weight is 220 g/mol. The van der Waals surface area contributed by atoms with Crippen molar-refractivity contribution >= 4 is 7.60 Å². The molecule has 14 heavy (non-hydrogen) atoms. The summed E-state index contributed by atoms with van der Waals surface area (Å²) in [5, 5.41) is 0.600. The Morgan fingerprint density at radius 2 is 1.71 bits per heavy atom. The SMILES string of the molecule is C=C(CCCC)P(=O)(OCC)OCC. The van der Waals surface area contributed by atoms with Gasteiger partial charge in [0.05, 0.1) is 13.2 Å². The van der Waals surface area contributed by atoms with Crippen LogP contribution in [0.3, 0.4) is 0 Å². The molecule has 3 nitrogen and oxygen atoms in total. The summed E-state index contributed by atoms with van der Waals surface area (Å²) in [5.41, 5.74) is 0. The number of hydrogen-bond acceptors (Lipinski definition) is 3. The van der Waals surface area contributed by atoms with Crippen molar-refractivity contribution in [3.05, 3.63) is 11.9 Å². The van der Waals surface area contributed by atoms with Crippen molar-refractivity contribution in [2.45, 2.75) is 40.0 Å². The smallest absolute Gasteiger partial charge is 0.306 e. The zero-order valence-electron chi connectivity index (χ0n) is 9.41. The summed E-state index contributed by atoms with van der Waals surface area (Å²) < 4.78 is 22.4. The van der Waals surface area contributed by atoms with E-state index >= 15 is 0 Å². The molecule has 0 saturated carbocycles. The van der Waals surface area contributed by atoms with Crippen LogP contribution in [-0.2, 0) is 13.6 Å². The van der Waals surface area contributed by atoms with E-state index in [4.69, 9.17) is 9.05 Å². The lowest BCUT2D eigenvalue weighted by Crippen LogP contribution is -1.98. The molecular weight excluding hydrogens is 199 g/mol. The topological polar surface area (TPSA) is 35.5 Å². The van der Waals surface area contributed by atoms with Crippen molar-refractivity contribution in [1.29, 1.82) is 0 Å². The third-order valence-corrected chi connectivity index (χ3v) is 4.00. The predicted octanol–water partition coefficient (Wildman–Crippen LogP) is 3.96. The third-order valence-electron chi connectivity index (χ3n) is 1.80. The first-order chi connectivity index (χ1) is 6.60. The molecule has 0 aliphatic carbocycles. The Morgan fingerprint density at radius 3 is 2.07 bits per heavy atom. The number of rotatable bonds is 8. The fourth-order valence-corrected chi connectivity index (χ4v) is 2.63. The van der Waals surface area contributed by atoms with Crippen LogP contribution in [0.2, 0.25) is 0 Å². The molecule has 0 atom stereocenters. The van der Waals surface area contributed by atoms with Crippen LogP contribution >= 0.6 is 7.60 Å². The largest absolute Gasteiger partial charge is 0.356 e. The highest BCUT2D eigenvalue weighted by atomic mass is 31.2. The predicted molar refractivity (Wildman–Crippen MR) is 59.5 cm³/mol. The molecule has 0 heterocycles. The van der Waals surface area contributed by atoms with Gasteiger partial charge in [-0.1, -0.05) is 19.9 Å². The quantitative estimate of drug-likeness (QED) is 0.581. The summed E-state index contributed by atoms with van der Waals surface area (Å²) in [7, 11) is -3.03. The molecule has 0 aliphatic rings. The van der Waals surface area contributed by atoms with Gasteiger partial charge in [0.1, 0.15) is 0 Å². The van der Waals surface area contributed by atoms with E-state index in [1.54, 1.807) is 13.8 Å². The molecule has 0 aromatic rings. The molecule has 4 heteroatoms. The van der Waals surface area contributed by atoms with E-state index in [9.17, 15) is 4.57 Å². The van der Waals surface area contributed by atoms with Gasteiger partial charge in [-0.05, 0) is 26.7 Å². The maximum absolute atomic E-state index is 12.1. The van der Waals surface area contributed by atoms with Gasteiger partial charge >= 0.3 is 7.60 Å². The monoisotopic (exact) mass is 220 g/mol. The molecule has 0 saturated heterocycles. The first-order valence-corrected chi connectivity index (χ1v) is 6.72. The Kier molecular flexibility index (Phi) is 7.16. The van der Waals surface area contributed by atoms with E-state index in [0.29, 0.717) is 24.9 Å². The van der Waals surface area contributed by atoms with Crippen molar-refractivity contribution in [2.75, 3.05) is 13.2 Å². The molecule has 0 rings (SSSR count). The van der Waals surface area contributed by atoms with Gasteiger partial charge in [0.25, 0.3) is 0 Å². The first-order valence-electron chi connectivity index (χ1n) is 5.18. The van der Waals surface area contributed by atoms with E-state index in [2.05, 4.69) is 13.5 Å². The minimum atomic E-state index is -3.03. The lowest BCUT2D eigenvalue weighted by Gasteiger charge is -2.18. The molecule has 0 fully saturated rings. The molecule has 0 spiro atoms. The van der Waals surface area contributed by atoms with Crippen molar-refractivity contribution < 1.29 is 13.6 Å². The minimum absolute atomic E-state index is 0.391. The summed E-state index contributed by atoms with van der Waals surface area (Å²) in [6.07, 6.45) is 2.74. The molecule has 0 radical (unpaired) electrons. The van der Waals surface area contributed by atoms with Crippen LogP contribution in [-0.4, -0.2) is 13.2 Å². The highest BCUT2D eigenvalue weighted by molar-refractivity contribution is 7.58. The van der Waals surface area contributed by atoms with Crippen molar-refractivity contribution in [3.8, 4) is 0 Å². The van der Waals surface area contributed by atoms with Crippen molar-refractivity contribution in [3.63, 3.8) is 0 Å². The van der Waals surface area contributed by atoms with E-state index in [1.165, 1.54) is 0 Å². The number of hydrogen-bond donors (Lipinski definition) is 0. The Bertz CT molecular complexity index is 203. The van der Waals surface area contributed by atoms with E-state index in [0.717, 1.165) is 12.8 Å². The Labute approximate surface area is 87.0 Å². The highest BCUT2D eigenvalue weighted by Crippen LogP contribution is 2.56. The summed E-state index contributed by atoms with van der Waals surface area (Å²) >= 11 is 0. The lowest BCUT2D eigenvalue weighted by molar-refractivity contribution is 0.225. The summed E-state index contributed by atoms with van der Waals surface area (Å²) in [6, 6.07) is 0. The van der Waals surface area contributed by atoms with Gasteiger partial charge < -0.3 is 9.05 Å². The normalized spacial score (nSPS) is 11.6. The van der Waals surface area contributed by atoms with Crippen LogP contribution in [0, 0.1) is 0 Å². The van der Waals surface area contributed by atoms with Crippen LogP contribution < -0.4 is 0 Å². The van der Waals surface area contributed by atoms with E-state index < -0.39 is 7.60 Å². The van der Waals surface area contributed by atoms with Gasteiger partial charge in [-0.2, -0.15) is 0 Å². The molecule has 0 amide bonds. The number of unbranched alkanes of at least 4 members (excludes halogenated alkanes) is 1. The summed E-state index contributed by atoms with van der Waals surface area (Å²) in [4.78, 5) is 0. The van der Waals surface area contributed by atoms with Gasteiger partial charge in [0, 0.05) is 5.31 Å². The fraction of sp³-hybridized carbons (Fsp3) is 0.800. The van der Waals surface area contributed by atoms with Crippen LogP contribution in [0.1, 0.15) is 40.0 Å². The standard InChI is InChI=1S/C10H21O3P/c1-5-8-9-10(4)14(11,12-6-2)13-7-3/h4-9H2,1-3H3. The van der Waals surface area contributed by atoms with Gasteiger partial charge in [-0.15, -0.1) is 0 Å². The Morgan fingerprint density at radius 1 is 1.21 bits per heavy atom. The van der Waals surface area contributed by atoms with Gasteiger partial charge in [0.15, 0.2) is 0 Å². The zero-order chi connectivity index (χ0) is 11.0. The molecular formula is C10H21O3P. The maximum atomic E-state index is 12.1. The molecule has 0 unspecified atom stereocenters. The molecule has 0 aromatic carbocycles. The second-order valence-corrected chi connectivity index (χ2v) is 5.15. The second kappa shape index (κ2) is 7.22. The van der Waals surface area contributed by atoms with Crippen LogP contribution in [0.4, 0.5) is 0 Å². The van der Waals surface area contributed by atoms with Gasteiger partial charge in [-0.3, -0.25) is 4.57 Å². The number of allylic oxidation sites excluding steroid dienone is 1. The second-order valence-electron chi connectivity index (χ2n) is 3.00. The summed E-state index contributed by atoms with van der Waals surface area (Å²) in [5.74, 6) is 0. The van der Waals surface area contributed by atoms with Crippen molar-refractivity contribution in [2.24, 2.45) is 0 Å². The molecule has 0 aromatic heterocycles.